The van der Waals surface area contributed by atoms with Crippen LogP contribution in [0.3, 0.4) is 0 Å². The van der Waals surface area contributed by atoms with Crippen molar-refractivity contribution >= 4 is 5.97 Å². The van der Waals surface area contributed by atoms with Crippen LogP contribution in [0, 0.1) is 0 Å². The van der Waals surface area contributed by atoms with E-state index in [1.807, 2.05) is 18.2 Å². The van der Waals surface area contributed by atoms with Crippen LogP contribution in [0.4, 0.5) is 0 Å². The smallest absolute Gasteiger partial charge is 0.338 e. The maximum absolute atomic E-state index is 11.6. The molecule has 0 radical (unpaired) electrons. The second-order valence-corrected chi connectivity index (χ2v) is 4.17. The highest BCUT2D eigenvalue weighted by Crippen LogP contribution is 2.15. The van der Waals surface area contributed by atoms with Gasteiger partial charge in [-0.15, -0.1) is 0 Å². The first-order valence-corrected chi connectivity index (χ1v) is 5.78. The van der Waals surface area contributed by atoms with Crippen LogP contribution in [0.5, 0.6) is 0 Å². The highest BCUT2D eigenvalue weighted by molar-refractivity contribution is 5.89. The van der Waals surface area contributed by atoms with Crippen LogP contribution < -0.4 is 5.32 Å². The van der Waals surface area contributed by atoms with Crippen LogP contribution in [0.25, 0.3) is 0 Å². The molecule has 16 heavy (non-hydrogen) atoms. The van der Waals surface area contributed by atoms with Crippen LogP contribution in [0.15, 0.2) is 30.3 Å². The first-order valence-electron chi connectivity index (χ1n) is 5.78. The van der Waals surface area contributed by atoms with Gasteiger partial charge in [0.25, 0.3) is 0 Å². The van der Waals surface area contributed by atoms with Gasteiger partial charge in [0.2, 0.25) is 0 Å². The molecule has 1 aliphatic rings. The number of carbonyl (C=O) groups is 1. The first-order chi connectivity index (χ1) is 7.79. The van der Waals surface area contributed by atoms with Gasteiger partial charge >= 0.3 is 5.97 Å². The Bertz CT molecular complexity index is 344. The molecule has 1 heterocycles. The number of esters is 1. The molecule has 1 aromatic carbocycles. The molecule has 0 bridgehead atoms. The highest BCUT2D eigenvalue weighted by Gasteiger charge is 2.27. The molecular formula is C13H17NO2. The Kier molecular flexibility index (Phi) is 3.57. The van der Waals surface area contributed by atoms with Crippen LogP contribution in [0.2, 0.25) is 0 Å². The van der Waals surface area contributed by atoms with Crippen LogP contribution in [0.1, 0.15) is 30.1 Å². The van der Waals surface area contributed by atoms with Gasteiger partial charge in [-0.05, 0) is 25.0 Å². The minimum Gasteiger partial charge on any atom is -0.460 e. The summed E-state index contributed by atoms with van der Waals surface area (Å²) in [6, 6.07) is 10.1. The van der Waals surface area contributed by atoms with Crippen molar-refractivity contribution in [3.63, 3.8) is 0 Å². The number of carbonyl (C=O) groups excluding carboxylic acids is 1. The molecule has 3 heteroatoms. The number of benzene rings is 1. The average molecular weight is 219 g/mol. The summed E-state index contributed by atoms with van der Waals surface area (Å²) >= 11 is 0. The fourth-order valence-corrected chi connectivity index (χ4v) is 1.89. The van der Waals surface area contributed by atoms with Crippen molar-refractivity contribution in [3.05, 3.63) is 35.9 Å². The van der Waals surface area contributed by atoms with Crippen molar-refractivity contribution in [1.82, 2.24) is 5.32 Å². The number of hydrogen-bond donors (Lipinski definition) is 1. The summed E-state index contributed by atoms with van der Waals surface area (Å²) in [4.78, 5) is 11.6. The average Bonchev–Trinajstić information content (AvgIpc) is 2.28. The molecule has 1 aliphatic heterocycles. The first kappa shape index (κ1) is 11.1. The van der Waals surface area contributed by atoms with E-state index < -0.39 is 0 Å². The Labute approximate surface area is 95.8 Å². The normalized spacial score (nSPS) is 23.6. The third-order valence-corrected chi connectivity index (χ3v) is 2.96. The molecule has 2 rings (SSSR count). The van der Waals surface area contributed by atoms with Gasteiger partial charge in [0.15, 0.2) is 0 Å². The SMILES string of the molecule is CCC1CC(COC(=O)c2ccccc2)N1. The molecule has 1 fully saturated rings. The summed E-state index contributed by atoms with van der Waals surface area (Å²) in [5, 5.41) is 3.36. The Morgan fingerprint density at radius 1 is 1.38 bits per heavy atom. The quantitative estimate of drug-likeness (QED) is 0.787. The second-order valence-electron chi connectivity index (χ2n) is 4.17. The summed E-state index contributed by atoms with van der Waals surface area (Å²) in [7, 11) is 0. The molecular weight excluding hydrogens is 202 g/mol. The fourth-order valence-electron chi connectivity index (χ4n) is 1.89. The molecule has 1 N–H and O–H groups in total. The van der Waals surface area contributed by atoms with E-state index in [0.29, 0.717) is 24.3 Å². The standard InChI is InChI=1S/C13H17NO2/c1-2-11-8-12(14-11)9-16-13(15)10-6-4-3-5-7-10/h3-7,11-12,14H,2,8-9H2,1H3. The minimum absolute atomic E-state index is 0.234. The number of hydrogen-bond acceptors (Lipinski definition) is 3. The van der Waals surface area contributed by atoms with Crippen LogP contribution >= 0.6 is 0 Å². The van der Waals surface area contributed by atoms with Crippen molar-refractivity contribution in [3.8, 4) is 0 Å². The third kappa shape index (κ3) is 2.61. The fraction of sp³-hybridized carbons (Fsp3) is 0.462. The van der Waals surface area contributed by atoms with Gasteiger partial charge in [-0.1, -0.05) is 25.1 Å². The Hall–Kier alpha value is -1.35. The number of nitrogens with one attached hydrogen (secondary N) is 1. The molecule has 0 saturated carbocycles. The summed E-state index contributed by atoms with van der Waals surface area (Å²) in [6.45, 7) is 2.63. The highest BCUT2D eigenvalue weighted by atomic mass is 16.5. The van der Waals surface area contributed by atoms with E-state index in [0.717, 1.165) is 12.8 Å². The van der Waals surface area contributed by atoms with E-state index in [9.17, 15) is 4.79 Å². The lowest BCUT2D eigenvalue weighted by molar-refractivity contribution is 0.0390. The van der Waals surface area contributed by atoms with Crippen molar-refractivity contribution < 1.29 is 9.53 Å². The van der Waals surface area contributed by atoms with E-state index in [-0.39, 0.29) is 5.97 Å². The largest absolute Gasteiger partial charge is 0.460 e. The zero-order valence-corrected chi connectivity index (χ0v) is 9.48. The van der Waals surface area contributed by atoms with Crippen molar-refractivity contribution in [2.45, 2.75) is 31.8 Å². The van der Waals surface area contributed by atoms with Gasteiger partial charge in [0.1, 0.15) is 6.61 Å². The van der Waals surface area contributed by atoms with Gasteiger partial charge in [-0.25, -0.2) is 4.79 Å². The Morgan fingerprint density at radius 3 is 2.69 bits per heavy atom. The molecule has 1 aromatic rings. The van der Waals surface area contributed by atoms with Crippen LogP contribution in [-0.4, -0.2) is 24.7 Å². The molecule has 0 aromatic heterocycles. The van der Waals surface area contributed by atoms with Gasteiger partial charge in [-0.2, -0.15) is 0 Å². The van der Waals surface area contributed by atoms with E-state index in [2.05, 4.69) is 12.2 Å². The van der Waals surface area contributed by atoms with E-state index >= 15 is 0 Å². The van der Waals surface area contributed by atoms with Gasteiger partial charge in [-0.3, -0.25) is 0 Å². The lowest BCUT2D eigenvalue weighted by Gasteiger charge is -2.36. The van der Waals surface area contributed by atoms with Crippen LogP contribution in [-0.2, 0) is 4.74 Å². The van der Waals surface area contributed by atoms with E-state index in [1.54, 1.807) is 12.1 Å². The lowest BCUT2D eigenvalue weighted by atomic mass is 9.96. The summed E-state index contributed by atoms with van der Waals surface area (Å²) in [5.41, 5.74) is 0.619. The topological polar surface area (TPSA) is 38.3 Å². The predicted octanol–water partition coefficient (Wildman–Crippen LogP) is 1.98. The molecule has 0 amide bonds. The van der Waals surface area contributed by atoms with Crippen molar-refractivity contribution in [2.24, 2.45) is 0 Å². The molecule has 86 valence electrons. The molecule has 2 atom stereocenters. The van der Waals surface area contributed by atoms with E-state index in [1.165, 1.54) is 0 Å². The summed E-state index contributed by atoms with van der Waals surface area (Å²) in [6.07, 6.45) is 2.25. The van der Waals surface area contributed by atoms with Gasteiger partial charge in [0, 0.05) is 12.1 Å². The van der Waals surface area contributed by atoms with E-state index in [4.69, 9.17) is 4.74 Å². The molecule has 0 aliphatic carbocycles. The monoisotopic (exact) mass is 219 g/mol. The van der Waals surface area contributed by atoms with Gasteiger partial charge in [0.05, 0.1) is 5.56 Å². The lowest BCUT2D eigenvalue weighted by Crippen LogP contribution is -2.54. The zero-order chi connectivity index (χ0) is 11.4. The number of rotatable bonds is 4. The minimum atomic E-state index is -0.234. The Morgan fingerprint density at radius 2 is 2.06 bits per heavy atom. The number of ether oxygens (including phenoxy) is 1. The molecule has 2 unspecified atom stereocenters. The molecule has 3 nitrogen and oxygen atoms in total. The molecule has 1 saturated heterocycles. The summed E-state index contributed by atoms with van der Waals surface area (Å²) < 4.78 is 5.22. The third-order valence-electron chi connectivity index (χ3n) is 2.96. The van der Waals surface area contributed by atoms with Crippen molar-refractivity contribution in [1.29, 1.82) is 0 Å². The molecule has 0 spiro atoms. The maximum atomic E-state index is 11.6. The Balaban J connectivity index is 1.73. The zero-order valence-electron chi connectivity index (χ0n) is 9.48. The predicted molar refractivity (Wildman–Crippen MR) is 62.3 cm³/mol. The van der Waals surface area contributed by atoms with Gasteiger partial charge < -0.3 is 10.1 Å². The second kappa shape index (κ2) is 5.12. The maximum Gasteiger partial charge on any atom is 0.338 e. The summed E-state index contributed by atoms with van der Waals surface area (Å²) in [5.74, 6) is -0.234. The van der Waals surface area contributed by atoms with Crippen molar-refractivity contribution in [2.75, 3.05) is 6.61 Å².